The molecule has 0 saturated carbocycles. The van der Waals surface area contributed by atoms with Crippen molar-refractivity contribution in [3.63, 3.8) is 0 Å². The first-order valence-electron chi connectivity index (χ1n) is 4.77. The van der Waals surface area contributed by atoms with Crippen molar-refractivity contribution >= 4 is 11.8 Å². The highest BCUT2D eigenvalue weighted by molar-refractivity contribution is 7.97. The Balaban J connectivity index is 3.43. The van der Waals surface area contributed by atoms with Crippen LogP contribution in [0.2, 0.25) is 0 Å². The Labute approximate surface area is 90.5 Å². The molecule has 1 aromatic rings. The summed E-state index contributed by atoms with van der Waals surface area (Å²) in [7, 11) is 0. The van der Waals surface area contributed by atoms with Gasteiger partial charge >= 0.3 is 0 Å². The fourth-order valence-electron chi connectivity index (χ4n) is 1.75. The second-order valence-electron chi connectivity index (χ2n) is 3.76. The maximum Gasteiger partial charge on any atom is 0.121 e. The average Bonchev–Trinajstić information content (AvgIpc) is 2.19. The summed E-state index contributed by atoms with van der Waals surface area (Å²) < 4.78 is 0. The van der Waals surface area contributed by atoms with Crippen molar-refractivity contribution in [2.75, 3.05) is 6.26 Å². The van der Waals surface area contributed by atoms with Crippen LogP contribution in [0.15, 0.2) is 0 Å². The predicted molar refractivity (Wildman–Crippen MR) is 64.3 cm³/mol. The summed E-state index contributed by atoms with van der Waals surface area (Å²) in [6.45, 7) is 8.20. The fourth-order valence-corrected chi connectivity index (χ4v) is 2.47. The highest BCUT2D eigenvalue weighted by atomic mass is 32.2. The van der Waals surface area contributed by atoms with E-state index in [4.69, 9.17) is 0 Å². The Bertz CT molecular complexity index is 327. The monoisotopic (exact) mass is 210 g/mol. The number of aromatic hydroxyl groups is 1. The third kappa shape index (κ3) is 1.76. The van der Waals surface area contributed by atoms with Crippen molar-refractivity contribution in [2.45, 2.75) is 33.4 Å². The van der Waals surface area contributed by atoms with Gasteiger partial charge in [-0.1, -0.05) is 0 Å². The minimum atomic E-state index is 0.470. The van der Waals surface area contributed by atoms with Crippen molar-refractivity contribution in [3.05, 3.63) is 27.8 Å². The van der Waals surface area contributed by atoms with E-state index in [0.717, 1.165) is 16.9 Å². The van der Waals surface area contributed by atoms with Crippen LogP contribution in [0, 0.1) is 27.7 Å². The highest BCUT2D eigenvalue weighted by Gasteiger charge is 2.13. The molecule has 0 aliphatic carbocycles. The summed E-state index contributed by atoms with van der Waals surface area (Å²) in [5, 5.41) is 9.91. The van der Waals surface area contributed by atoms with Crippen LogP contribution in [0.3, 0.4) is 0 Å². The number of thioether (sulfide) groups is 1. The van der Waals surface area contributed by atoms with Crippen molar-refractivity contribution in [3.8, 4) is 5.75 Å². The molecule has 1 N–H and O–H groups in total. The third-order valence-electron chi connectivity index (χ3n) is 3.03. The Morgan fingerprint density at radius 2 is 1.50 bits per heavy atom. The first kappa shape index (κ1) is 11.4. The Kier molecular flexibility index (Phi) is 3.48. The van der Waals surface area contributed by atoms with Crippen LogP contribution >= 0.6 is 11.8 Å². The Hall–Kier alpha value is -0.630. The smallest absolute Gasteiger partial charge is 0.121 e. The van der Waals surface area contributed by atoms with Gasteiger partial charge in [-0.2, -0.15) is 11.8 Å². The molecule has 1 aromatic carbocycles. The zero-order valence-corrected chi connectivity index (χ0v) is 10.4. The van der Waals surface area contributed by atoms with Gasteiger partial charge in [0.2, 0.25) is 0 Å². The molecule has 0 amide bonds. The van der Waals surface area contributed by atoms with Gasteiger partial charge in [0.05, 0.1) is 0 Å². The lowest BCUT2D eigenvalue weighted by Gasteiger charge is -2.16. The van der Waals surface area contributed by atoms with Gasteiger partial charge in [0.25, 0.3) is 0 Å². The minimum Gasteiger partial charge on any atom is -0.507 e. The first-order chi connectivity index (χ1) is 6.50. The lowest BCUT2D eigenvalue weighted by atomic mass is 9.94. The van der Waals surface area contributed by atoms with Crippen LogP contribution in [0.25, 0.3) is 0 Å². The van der Waals surface area contributed by atoms with Gasteiger partial charge in [0.15, 0.2) is 0 Å². The normalized spacial score (nSPS) is 10.6. The quantitative estimate of drug-likeness (QED) is 0.806. The van der Waals surface area contributed by atoms with Gasteiger partial charge in [-0.3, -0.25) is 0 Å². The number of phenolic OH excluding ortho intramolecular Hbond substituents is 1. The topological polar surface area (TPSA) is 20.2 Å². The zero-order chi connectivity index (χ0) is 10.9. The molecule has 0 fully saturated rings. The fraction of sp³-hybridized carbons (Fsp3) is 0.500. The molecule has 14 heavy (non-hydrogen) atoms. The largest absolute Gasteiger partial charge is 0.507 e. The summed E-state index contributed by atoms with van der Waals surface area (Å²) >= 11 is 1.80. The van der Waals surface area contributed by atoms with Crippen molar-refractivity contribution < 1.29 is 5.11 Å². The lowest BCUT2D eigenvalue weighted by molar-refractivity contribution is 0.465. The second kappa shape index (κ2) is 4.26. The molecule has 0 bridgehead atoms. The maximum atomic E-state index is 9.91. The van der Waals surface area contributed by atoms with Gasteiger partial charge in [0.1, 0.15) is 5.75 Å². The van der Waals surface area contributed by atoms with Gasteiger partial charge in [0, 0.05) is 5.75 Å². The van der Waals surface area contributed by atoms with E-state index in [1.54, 1.807) is 11.8 Å². The van der Waals surface area contributed by atoms with Crippen molar-refractivity contribution in [2.24, 2.45) is 0 Å². The van der Waals surface area contributed by atoms with E-state index in [1.165, 1.54) is 16.7 Å². The molecule has 0 spiro atoms. The molecule has 2 heteroatoms. The molecule has 0 unspecified atom stereocenters. The summed E-state index contributed by atoms with van der Waals surface area (Å²) in [4.78, 5) is 0. The predicted octanol–water partition coefficient (Wildman–Crippen LogP) is 3.49. The van der Waals surface area contributed by atoms with Crippen LogP contribution in [0.1, 0.15) is 27.8 Å². The van der Waals surface area contributed by atoms with Gasteiger partial charge in [-0.15, -0.1) is 0 Å². The maximum absolute atomic E-state index is 9.91. The highest BCUT2D eigenvalue weighted by Crippen LogP contribution is 2.32. The SMILES string of the molecule is CSCc1c(C)c(C)c(C)c(O)c1C. The Morgan fingerprint density at radius 3 is 2.00 bits per heavy atom. The molecule has 0 aliphatic rings. The molecule has 0 atom stereocenters. The summed E-state index contributed by atoms with van der Waals surface area (Å²) in [5.74, 6) is 1.45. The molecule has 0 radical (unpaired) electrons. The molecule has 0 saturated heterocycles. The lowest BCUT2D eigenvalue weighted by Crippen LogP contribution is -1.98. The molecular formula is C12H18OS. The average molecular weight is 210 g/mol. The van der Waals surface area contributed by atoms with Crippen LogP contribution in [-0.4, -0.2) is 11.4 Å². The summed E-state index contributed by atoms with van der Waals surface area (Å²) in [5.41, 5.74) is 5.90. The van der Waals surface area contributed by atoms with Gasteiger partial charge in [-0.05, 0) is 61.8 Å². The van der Waals surface area contributed by atoms with Gasteiger partial charge in [-0.25, -0.2) is 0 Å². The van der Waals surface area contributed by atoms with Crippen LogP contribution in [0.5, 0.6) is 5.75 Å². The summed E-state index contributed by atoms with van der Waals surface area (Å²) in [6.07, 6.45) is 2.09. The van der Waals surface area contributed by atoms with E-state index in [1.807, 2.05) is 13.8 Å². The molecule has 0 aliphatic heterocycles. The minimum absolute atomic E-state index is 0.470. The first-order valence-corrected chi connectivity index (χ1v) is 6.17. The zero-order valence-electron chi connectivity index (χ0n) is 9.56. The van der Waals surface area contributed by atoms with Crippen molar-refractivity contribution in [1.29, 1.82) is 0 Å². The molecule has 0 heterocycles. The number of hydrogen-bond donors (Lipinski definition) is 1. The summed E-state index contributed by atoms with van der Waals surface area (Å²) in [6, 6.07) is 0. The van der Waals surface area contributed by atoms with Crippen molar-refractivity contribution in [1.82, 2.24) is 0 Å². The number of phenols is 1. The van der Waals surface area contributed by atoms with Crippen LogP contribution in [-0.2, 0) is 5.75 Å². The van der Waals surface area contributed by atoms with Crippen LogP contribution < -0.4 is 0 Å². The molecular weight excluding hydrogens is 192 g/mol. The van der Waals surface area contributed by atoms with Gasteiger partial charge < -0.3 is 5.11 Å². The van der Waals surface area contributed by atoms with E-state index in [9.17, 15) is 5.11 Å². The van der Waals surface area contributed by atoms with Crippen LogP contribution in [0.4, 0.5) is 0 Å². The number of rotatable bonds is 2. The standard InChI is InChI=1S/C12H18OS/c1-7-8(2)11(6-14-5)10(4)12(13)9(7)3/h13H,6H2,1-5H3. The van der Waals surface area contributed by atoms with E-state index in [0.29, 0.717) is 5.75 Å². The molecule has 1 rings (SSSR count). The third-order valence-corrected chi connectivity index (χ3v) is 3.61. The van der Waals surface area contributed by atoms with E-state index in [-0.39, 0.29) is 0 Å². The Morgan fingerprint density at radius 1 is 0.929 bits per heavy atom. The molecule has 0 aromatic heterocycles. The van der Waals surface area contributed by atoms with E-state index in [2.05, 4.69) is 20.1 Å². The molecule has 78 valence electrons. The van der Waals surface area contributed by atoms with E-state index < -0.39 is 0 Å². The van der Waals surface area contributed by atoms with E-state index >= 15 is 0 Å². The number of benzene rings is 1. The number of hydrogen-bond acceptors (Lipinski definition) is 2. The molecule has 1 nitrogen and oxygen atoms in total. The second-order valence-corrected chi connectivity index (χ2v) is 4.63.